The van der Waals surface area contributed by atoms with Crippen LogP contribution in [0.25, 0.3) is 0 Å². The smallest absolute Gasteiger partial charge is 0.399 e. The molecule has 1 fully saturated rings. The van der Waals surface area contributed by atoms with Crippen molar-refractivity contribution in [1.29, 1.82) is 0 Å². The van der Waals surface area contributed by atoms with Crippen LogP contribution < -0.4 is 5.46 Å². The molecule has 1 aromatic carbocycles. The van der Waals surface area contributed by atoms with Crippen LogP contribution in [-0.4, -0.2) is 28.4 Å². The zero-order valence-corrected chi connectivity index (χ0v) is 17.0. The molecule has 1 aliphatic carbocycles. The molecule has 1 atom stereocenters. The van der Waals surface area contributed by atoms with Gasteiger partial charge in [0.15, 0.2) is 5.60 Å². The summed E-state index contributed by atoms with van der Waals surface area (Å²) in [5.41, 5.74) is 1.56. The van der Waals surface area contributed by atoms with Crippen molar-refractivity contribution >= 4 is 12.6 Å². The highest BCUT2D eigenvalue weighted by Gasteiger charge is 2.51. The SMILES string of the molecule is CC1(C)OB(c2cccc(C#C[C@]3(O)CCCc4cccnc43)c2)OC1(C)C. The highest BCUT2D eigenvalue weighted by atomic mass is 16.7. The lowest BCUT2D eigenvalue weighted by atomic mass is 9.78. The molecule has 0 saturated carbocycles. The Bertz CT molecular complexity index is 944. The first-order valence-electron chi connectivity index (χ1n) is 9.86. The minimum absolute atomic E-state index is 0.383. The van der Waals surface area contributed by atoms with Gasteiger partial charge in [-0.2, -0.15) is 0 Å². The lowest BCUT2D eigenvalue weighted by molar-refractivity contribution is 0.00578. The fourth-order valence-corrected chi connectivity index (χ4v) is 3.71. The number of aliphatic hydroxyl groups is 1. The van der Waals surface area contributed by atoms with Crippen molar-refractivity contribution in [2.45, 2.75) is 63.8 Å². The highest BCUT2D eigenvalue weighted by molar-refractivity contribution is 6.62. The van der Waals surface area contributed by atoms with Crippen LogP contribution in [-0.2, 0) is 21.3 Å². The quantitative estimate of drug-likeness (QED) is 0.615. The maximum Gasteiger partial charge on any atom is 0.494 e. The molecule has 0 amide bonds. The molecule has 2 aliphatic rings. The average Bonchev–Trinajstić information content (AvgIpc) is 2.88. The summed E-state index contributed by atoms with van der Waals surface area (Å²) in [6.45, 7) is 8.17. The van der Waals surface area contributed by atoms with Gasteiger partial charge in [0.1, 0.15) is 0 Å². The molecular formula is C23H26BNO3. The molecule has 4 rings (SSSR count). The largest absolute Gasteiger partial charge is 0.494 e. The van der Waals surface area contributed by atoms with E-state index in [1.165, 1.54) is 0 Å². The molecule has 1 aromatic heterocycles. The fourth-order valence-electron chi connectivity index (χ4n) is 3.71. The van der Waals surface area contributed by atoms with E-state index >= 15 is 0 Å². The summed E-state index contributed by atoms with van der Waals surface area (Å²) in [7, 11) is -0.424. The number of nitrogens with zero attached hydrogens (tertiary/aromatic N) is 1. The van der Waals surface area contributed by atoms with E-state index in [0.29, 0.717) is 12.1 Å². The Morgan fingerprint density at radius 1 is 1.07 bits per heavy atom. The number of hydrogen-bond acceptors (Lipinski definition) is 4. The van der Waals surface area contributed by atoms with Gasteiger partial charge in [-0.1, -0.05) is 30.0 Å². The molecule has 1 saturated heterocycles. The van der Waals surface area contributed by atoms with Crippen molar-refractivity contribution < 1.29 is 14.4 Å². The molecule has 0 spiro atoms. The molecule has 0 bridgehead atoms. The minimum Gasteiger partial charge on any atom is -0.399 e. The zero-order chi connectivity index (χ0) is 20.0. The Morgan fingerprint density at radius 2 is 1.82 bits per heavy atom. The molecule has 2 heterocycles. The van der Waals surface area contributed by atoms with Crippen LogP contribution in [0.2, 0.25) is 0 Å². The Hall–Kier alpha value is -2.13. The van der Waals surface area contributed by atoms with E-state index in [0.717, 1.165) is 29.4 Å². The summed E-state index contributed by atoms with van der Waals surface area (Å²) in [6.07, 6.45) is 4.15. The van der Waals surface area contributed by atoms with Crippen LogP contribution in [0.15, 0.2) is 42.6 Å². The van der Waals surface area contributed by atoms with E-state index in [2.05, 4.69) is 16.8 Å². The fraction of sp³-hybridized carbons (Fsp3) is 0.435. The molecule has 4 nitrogen and oxygen atoms in total. The topological polar surface area (TPSA) is 51.6 Å². The second-order valence-electron chi connectivity index (χ2n) is 8.69. The number of benzene rings is 1. The third kappa shape index (κ3) is 3.37. The third-order valence-corrected chi connectivity index (χ3v) is 6.09. The number of aryl methyl sites for hydroxylation is 1. The first-order chi connectivity index (χ1) is 13.2. The molecule has 2 aromatic rings. The van der Waals surface area contributed by atoms with E-state index < -0.39 is 12.7 Å². The van der Waals surface area contributed by atoms with Crippen LogP contribution in [0.4, 0.5) is 0 Å². The third-order valence-electron chi connectivity index (χ3n) is 6.09. The predicted molar refractivity (Wildman–Crippen MR) is 110 cm³/mol. The van der Waals surface area contributed by atoms with E-state index in [4.69, 9.17) is 9.31 Å². The summed E-state index contributed by atoms with van der Waals surface area (Å²) in [5.74, 6) is 6.23. The van der Waals surface area contributed by atoms with Crippen molar-refractivity contribution in [2.75, 3.05) is 0 Å². The Labute approximate surface area is 167 Å². The number of aromatic nitrogens is 1. The molecular weight excluding hydrogens is 349 g/mol. The first-order valence-corrected chi connectivity index (χ1v) is 9.86. The van der Waals surface area contributed by atoms with Crippen LogP contribution in [0.3, 0.4) is 0 Å². The van der Waals surface area contributed by atoms with Gasteiger partial charge >= 0.3 is 7.12 Å². The normalized spacial score (nSPS) is 25.0. The lowest BCUT2D eigenvalue weighted by Gasteiger charge is -2.32. The number of hydrogen-bond donors (Lipinski definition) is 1. The van der Waals surface area contributed by atoms with E-state index in [1.807, 2.05) is 64.1 Å². The van der Waals surface area contributed by atoms with Crippen molar-refractivity contribution in [1.82, 2.24) is 4.98 Å². The standard InChI is InChI=1S/C23H26BNO3/c1-21(2)22(3,4)28-24(27-21)19-11-5-8-17(16-19)12-14-23(26)13-6-9-18-10-7-15-25-20(18)23/h5,7-8,10-11,15-16,26H,6,9,13H2,1-4H3/t23-/m1/s1. The minimum atomic E-state index is -1.20. The van der Waals surface area contributed by atoms with Crippen LogP contribution >= 0.6 is 0 Å². The molecule has 0 unspecified atom stereocenters. The monoisotopic (exact) mass is 375 g/mol. The summed E-state index contributed by atoms with van der Waals surface area (Å²) in [4.78, 5) is 4.40. The van der Waals surface area contributed by atoms with E-state index in [-0.39, 0.29) is 11.2 Å². The Kier molecular flexibility index (Phi) is 4.62. The summed E-state index contributed by atoms with van der Waals surface area (Å²) in [6, 6.07) is 11.8. The predicted octanol–water partition coefficient (Wildman–Crippen LogP) is 2.96. The average molecular weight is 375 g/mol. The van der Waals surface area contributed by atoms with Gasteiger partial charge in [0, 0.05) is 11.8 Å². The zero-order valence-electron chi connectivity index (χ0n) is 17.0. The number of rotatable bonds is 1. The molecule has 0 radical (unpaired) electrons. The van der Waals surface area contributed by atoms with Crippen molar-refractivity contribution in [2.24, 2.45) is 0 Å². The van der Waals surface area contributed by atoms with Crippen molar-refractivity contribution in [3.63, 3.8) is 0 Å². The second kappa shape index (κ2) is 6.74. The highest BCUT2D eigenvalue weighted by Crippen LogP contribution is 2.36. The summed E-state index contributed by atoms with van der Waals surface area (Å²) in [5, 5.41) is 11.1. The second-order valence-corrected chi connectivity index (χ2v) is 8.69. The van der Waals surface area contributed by atoms with Gasteiger partial charge in [-0.15, -0.1) is 0 Å². The molecule has 5 heteroatoms. The molecule has 28 heavy (non-hydrogen) atoms. The number of fused-ring (bicyclic) bond motifs is 1. The molecule has 144 valence electrons. The van der Waals surface area contributed by atoms with Crippen molar-refractivity contribution in [3.8, 4) is 11.8 Å². The number of pyridine rings is 1. The van der Waals surface area contributed by atoms with Gasteiger partial charge in [0.25, 0.3) is 0 Å². The van der Waals surface area contributed by atoms with E-state index in [9.17, 15) is 5.11 Å². The van der Waals surface area contributed by atoms with Gasteiger partial charge < -0.3 is 14.4 Å². The summed E-state index contributed by atoms with van der Waals surface area (Å²) < 4.78 is 12.3. The Balaban J connectivity index is 1.61. The van der Waals surface area contributed by atoms with Gasteiger partial charge in [-0.25, -0.2) is 0 Å². The first kappa shape index (κ1) is 19.2. The lowest BCUT2D eigenvalue weighted by Crippen LogP contribution is -2.41. The van der Waals surface area contributed by atoms with Crippen molar-refractivity contribution in [3.05, 3.63) is 59.4 Å². The maximum absolute atomic E-state index is 11.1. The Morgan fingerprint density at radius 3 is 2.57 bits per heavy atom. The molecule has 1 aliphatic heterocycles. The van der Waals surface area contributed by atoms with Gasteiger partial charge in [-0.3, -0.25) is 4.98 Å². The maximum atomic E-state index is 11.1. The van der Waals surface area contributed by atoms with Crippen LogP contribution in [0, 0.1) is 11.8 Å². The van der Waals surface area contributed by atoms with Crippen LogP contribution in [0.1, 0.15) is 57.4 Å². The molecule has 1 N–H and O–H groups in total. The van der Waals surface area contributed by atoms with Gasteiger partial charge in [0.2, 0.25) is 0 Å². The van der Waals surface area contributed by atoms with Gasteiger partial charge in [0.05, 0.1) is 16.9 Å². The van der Waals surface area contributed by atoms with Crippen LogP contribution in [0.5, 0.6) is 0 Å². The van der Waals surface area contributed by atoms with E-state index in [1.54, 1.807) is 6.20 Å². The van der Waals surface area contributed by atoms with Gasteiger partial charge in [-0.05, 0) is 76.2 Å². The summed E-state index contributed by atoms with van der Waals surface area (Å²) >= 11 is 0.